The van der Waals surface area contributed by atoms with Gasteiger partial charge in [0.25, 0.3) is 0 Å². The molecule has 0 heterocycles. The molecule has 0 fully saturated rings. The summed E-state index contributed by atoms with van der Waals surface area (Å²) in [5.41, 5.74) is 2.40. The molecule has 1 amide bonds. The molecule has 0 spiro atoms. The maximum atomic E-state index is 11.7. The van der Waals surface area contributed by atoms with E-state index in [1.165, 1.54) is 16.0 Å². The summed E-state index contributed by atoms with van der Waals surface area (Å²) >= 11 is 0. The molecule has 4 heteroatoms. The van der Waals surface area contributed by atoms with Crippen molar-refractivity contribution in [1.29, 1.82) is 0 Å². The Morgan fingerprint density at radius 1 is 1.37 bits per heavy atom. The summed E-state index contributed by atoms with van der Waals surface area (Å²) in [5, 5.41) is 9.21. The van der Waals surface area contributed by atoms with E-state index < -0.39 is 6.10 Å². The van der Waals surface area contributed by atoms with Crippen molar-refractivity contribution < 1.29 is 14.6 Å². The summed E-state index contributed by atoms with van der Waals surface area (Å²) in [7, 11) is 1.69. The lowest BCUT2D eigenvalue weighted by molar-refractivity contribution is -0.131. The molecule has 1 aromatic carbocycles. The van der Waals surface area contributed by atoms with Gasteiger partial charge in [-0.1, -0.05) is 6.07 Å². The van der Waals surface area contributed by atoms with Gasteiger partial charge in [0.05, 0.1) is 19.1 Å². The van der Waals surface area contributed by atoms with Crippen molar-refractivity contribution in [3.8, 4) is 5.75 Å². The molecular weight excluding hydrogens is 242 g/mol. The number of aliphatic hydroxyl groups is 1. The third-order valence-electron chi connectivity index (χ3n) is 3.03. The van der Waals surface area contributed by atoms with Gasteiger partial charge in [0, 0.05) is 13.6 Å². The van der Waals surface area contributed by atoms with E-state index in [1.807, 2.05) is 32.0 Å². The molecule has 0 bridgehead atoms. The largest absolute Gasteiger partial charge is 0.493 e. The first-order valence-corrected chi connectivity index (χ1v) is 6.52. The Bertz CT molecular complexity index is 429. The number of likely N-dealkylation sites (N-methyl/N-ethyl adjacent to an activating group) is 1. The number of carbonyl (C=O) groups excluding carboxylic acids is 1. The van der Waals surface area contributed by atoms with E-state index in [0.29, 0.717) is 19.6 Å². The van der Waals surface area contributed by atoms with Crippen LogP contribution in [0.2, 0.25) is 0 Å². The van der Waals surface area contributed by atoms with Crippen molar-refractivity contribution >= 4 is 5.91 Å². The third kappa shape index (κ3) is 5.30. The zero-order valence-electron chi connectivity index (χ0n) is 12.1. The van der Waals surface area contributed by atoms with Crippen LogP contribution in [-0.4, -0.2) is 42.2 Å². The van der Waals surface area contributed by atoms with Gasteiger partial charge in [0.1, 0.15) is 5.75 Å². The zero-order chi connectivity index (χ0) is 14.4. The first-order chi connectivity index (χ1) is 8.90. The minimum absolute atomic E-state index is 0.0234. The number of rotatable bonds is 6. The number of nitrogens with zero attached hydrogens (tertiary/aromatic N) is 1. The monoisotopic (exact) mass is 265 g/mol. The number of benzene rings is 1. The number of aliphatic hydroxyl groups excluding tert-OH is 1. The number of aryl methyl sites for hydroxylation is 2. The predicted octanol–water partition coefficient (Wildman–Crippen LogP) is 1.91. The highest BCUT2D eigenvalue weighted by Gasteiger charge is 2.10. The minimum atomic E-state index is -0.505. The van der Waals surface area contributed by atoms with Crippen LogP contribution in [0.3, 0.4) is 0 Å². The molecule has 19 heavy (non-hydrogen) atoms. The van der Waals surface area contributed by atoms with Crippen LogP contribution in [0.4, 0.5) is 0 Å². The van der Waals surface area contributed by atoms with Crippen LogP contribution in [0.1, 0.15) is 24.5 Å². The van der Waals surface area contributed by atoms with E-state index in [9.17, 15) is 9.90 Å². The van der Waals surface area contributed by atoms with Gasteiger partial charge >= 0.3 is 0 Å². The van der Waals surface area contributed by atoms with Gasteiger partial charge in [0.15, 0.2) is 0 Å². The maximum Gasteiger partial charge on any atom is 0.225 e. The smallest absolute Gasteiger partial charge is 0.225 e. The van der Waals surface area contributed by atoms with Crippen molar-refractivity contribution in [2.45, 2.75) is 33.3 Å². The lowest BCUT2D eigenvalue weighted by Gasteiger charge is -2.18. The molecule has 0 radical (unpaired) electrons. The molecule has 0 aromatic heterocycles. The van der Waals surface area contributed by atoms with Gasteiger partial charge in [-0.05, 0) is 44.0 Å². The van der Waals surface area contributed by atoms with Gasteiger partial charge in [-0.15, -0.1) is 0 Å². The predicted molar refractivity (Wildman–Crippen MR) is 75.3 cm³/mol. The molecule has 4 nitrogen and oxygen atoms in total. The number of ether oxygens (including phenoxy) is 1. The first-order valence-electron chi connectivity index (χ1n) is 6.52. The Kier molecular flexibility index (Phi) is 5.83. The molecule has 0 saturated carbocycles. The topological polar surface area (TPSA) is 49.8 Å². The van der Waals surface area contributed by atoms with Crippen LogP contribution < -0.4 is 4.74 Å². The van der Waals surface area contributed by atoms with E-state index in [1.54, 1.807) is 14.0 Å². The summed E-state index contributed by atoms with van der Waals surface area (Å²) in [6.07, 6.45) is -0.189. The van der Waals surface area contributed by atoms with Crippen molar-refractivity contribution in [2.75, 3.05) is 20.2 Å². The minimum Gasteiger partial charge on any atom is -0.493 e. The zero-order valence-corrected chi connectivity index (χ0v) is 12.1. The molecular formula is C15H23NO3. The second-order valence-electron chi connectivity index (χ2n) is 4.97. The third-order valence-corrected chi connectivity index (χ3v) is 3.03. The van der Waals surface area contributed by atoms with E-state index in [0.717, 1.165) is 5.75 Å². The molecule has 1 atom stereocenters. The number of hydrogen-bond donors (Lipinski definition) is 1. The number of amides is 1. The van der Waals surface area contributed by atoms with Crippen molar-refractivity contribution in [2.24, 2.45) is 0 Å². The average molecular weight is 265 g/mol. The van der Waals surface area contributed by atoms with Crippen molar-refractivity contribution in [3.05, 3.63) is 29.3 Å². The fraction of sp³-hybridized carbons (Fsp3) is 0.533. The molecule has 1 rings (SSSR count). The van der Waals surface area contributed by atoms with E-state index in [2.05, 4.69) is 0 Å². The highest BCUT2D eigenvalue weighted by Crippen LogP contribution is 2.16. The van der Waals surface area contributed by atoms with E-state index >= 15 is 0 Å². The highest BCUT2D eigenvalue weighted by molar-refractivity contribution is 5.76. The molecule has 0 aliphatic heterocycles. The number of carbonyl (C=O) groups is 1. The summed E-state index contributed by atoms with van der Waals surface area (Å²) in [4.78, 5) is 13.2. The quantitative estimate of drug-likeness (QED) is 0.855. The Labute approximate surface area is 115 Å². The van der Waals surface area contributed by atoms with Crippen LogP contribution in [-0.2, 0) is 4.79 Å². The Balaban J connectivity index is 2.37. The summed E-state index contributed by atoms with van der Waals surface area (Å²) < 4.78 is 5.56. The van der Waals surface area contributed by atoms with Gasteiger partial charge < -0.3 is 14.7 Å². The lowest BCUT2D eigenvalue weighted by Crippen LogP contribution is -2.33. The molecule has 1 N–H and O–H groups in total. The highest BCUT2D eigenvalue weighted by atomic mass is 16.5. The molecule has 106 valence electrons. The Morgan fingerprint density at radius 3 is 2.63 bits per heavy atom. The summed E-state index contributed by atoms with van der Waals surface area (Å²) in [5.74, 6) is 0.763. The van der Waals surface area contributed by atoms with E-state index in [-0.39, 0.29) is 5.91 Å². The van der Waals surface area contributed by atoms with Crippen molar-refractivity contribution in [1.82, 2.24) is 4.90 Å². The van der Waals surface area contributed by atoms with Gasteiger partial charge in [-0.25, -0.2) is 0 Å². The van der Waals surface area contributed by atoms with Crippen LogP contribution in [0, 0.1) is 13.8 Å². The molecule has 0 aliphatic carbocycles. The first kappa shape index (κ1) is 15.5. The van der Waals surface area contributed by atoms with Crippen LogP contribution in [0.15, 0.2) is 18.2 Å². The molecule has 1 unspecified atom stereocenters. The fourth-order valence-corrected chi connectivity index (χ4v) is 1.75. The lowest BCUT2D eigenvalue weighted by atomic mass is 10.1. The molecule has 1 aromatic rings. The van der Waals surface area contributed by atoms with Crippen LogP contribution >= 0.6 is 0 Å². The Morgan fingerprint density at radius 2 is 2.05 bits per heavy atom. The maximum absolute atomic E-state index is 11.7. The number of hydrogen-bond acceptors (Lipinski definition) is 3. The van der Waals surface area contributed by atoms with Crippen LogP contribution in [0.25, 0.3) is 0 Å². The van der Waals surface area contributed by atoms with Crippen LogP contribution in [0.5, 0.6) is 5.75 Å². The normalized spacial score (nSPS) is 12.1. The molecule has 0 saturated heterocycles. The standard InChI is InChI=1S/C15H23NO3/c1-11-5-6-14(9-12(11)2)19-8-7-15(18)16(4)10-13(3)17/h5-6,9,13,17H,7-8,10H2,1-4H3. The van der Waals surface area contributed by atoms with Gasteiger partial charge in [0.2, 0.25) is 5.91 Å². The second kappa shape index (κ2) is 7.14. The summed E-state index contributed by atoms with van der Waals surface area (Å²) in [6.45, 7) is 6.45. The second-order valence-corrected chi connectivity index (χ2v) is 4.97. The van der Waals surface area contributed by atoms with Gasteiger partial charge in [-0.3, -0.25) is 4.79 Å². The fourth-order valence-electron chi connectivity index (χ4n) is 1.75. The van der Waals surface area contributed by atoms with E-state index in [4.69, 9.17) is 4.74 Å². The molecule has 0 aliphatic rings. The van der Waals surface area contributed by atoms with Crippen molar-refractivity contribution in [3.63, 3.8) is 0 Å². The Hall–Kier alpha value is -1.55. The average Bonchev–Trinajstić information content (AvgIpc) is 2.32. The summed E-state index contributed by atoms with van der Waals surface area (Å²) in [6, 6.07) is 5.89. The SMILES string of the molecule is Cc1ccc(OCCC(=O)N(C)CC(C)O)cc1C. The van der Waals surface area contributed by atoms with Gasteiger partial charge in [-0.2, -0.15) is 0 Å².